The molecule has 3 unspecified atom stereocenters. The van der Waals surface area contributed by atoms with Crippen molar-refractivity contribution in [3.05, 3.63) is 18.2 Å². The molecule has 1 saturated carbocycles. The average Bonchev–Trinajstić information content (AvgIpc) is 2.38. The average molecular weight is 276 g/mol. The quantitative estimate of drug-likeness (QED) is 0.806. The third-order valence-electron chi connectivity index (χ3n) is 4.39. The Morgan fingerprint density at radius 3 is 2.60 bits per heavy atom. The summed E-state index contributed by atoms with van der Waals surface area (Å²) >= 11 is 0. The zero-order valence-electron chi connectivity index (χ0n) is 13.1. The minimum absolute atomic E-state index is 0.142. The maximum atomic E-state index is 6.22. The van der Waals surface area contributed by atoms with Crippen molar-refractivity contribution in [2.75, 3.05) is 11.1 Å². The maximum Gasteiger partial charge on any atom is 0.144 e. The summed E-state index contributed by atoms with van der Waals surface area (Å²) in [6.45, 7) is 8.74. The molecule has 0 amide bonds. The van der Waals surface area contributed by atoms with E-state index >= 15 is 0 Å². The van der Waals surface area contributed by atoms with Gasteiger partial charge in [0, 0.05) is 6.04 Å². The molecular formula is C17H28N2O. The van der Waals surface area contributed by atoms with Gasteiger partial charge in [0.1, 0.15) is 5.75 Å². The lowest BCUT2D eigenvalue weighted by atomic mass is 9.79. The van der Waals surface area contributed by atoms with Gasteiger partial charge in [-0.2, -0.15) is 0 Å². The molecule has 0 bridgehead atoms. The summed E-state index contributed by atoms with van der Waals surface area (Å²) in [7, 11) is 0. The Hall–Kier alpha value is -1.38. The Kier molecular flexibility index (Phi) is 4.79. The lowest BCUT2D eigenvalue weighted by molar-refractivity contribution is 0.244. The van der Waals surface area contributed by atoms with Gasteiger partial charge in [-0.15, -0.1) is 0 Å². The highest BCUT2D eigenvalue weighted by atomic mass is 16.5. The summed E-state index contributed by atoms with van der Waals surface area (Å²) in [5, 5.41) is 3.61. The second-order valence-corrected chi connectivity index (χ2v) is 6.49. The fraction of sp³-hybridized carbons (Fsp3) is 0.647. The first-order valence-electron chi connectivity index (χ1n) is 7.79. The van der Waals surface area contributed by atoms with Crippen LogP contribution in [-0.4, -0.2) is 12.1 Å². The van der Waals surface area contributed by atoms with Crippen LogP contribution in [0.3, 0.4) is 0 Å². The van der Waals surface area contributed by atoms with Crippen LogP contribution in [0.15, 0.2) is 18.2 Å². The molecule has 0 aliphatic heterocycles. The predicted molar refractivity (Wildman–Crippen MR) is 86.2 cm³/mol. The second kappa shape index (κ2) is 6.38. The van der Waals surface area contributed by atoms with Crippen molar-refractivity contribution >= 4 is 11.4 Å². The highest BCUT2D eigenvalue weighted by molar-refractivity contribution is 5.73. The molecule has 20 heavy (non-hydrogen) atoms. The molecule has 0 heterocycles. The van der Waals surface area contributed by atoms with Gasteiger partial charge in [0.15, 0.2) is 0 Å². The Morgan fingerprint density at radius 2 is 1.95 bits per heavy atom. The topological polar surface area (TPSA) is 47.3 Å². The van der Waals surface area contributed by atoms with E-state index in [0.29, 0.717) is 6.04 Å². The van der Waals surface area contributed by atoms with Crippen LogP contribution in [0.2, 0.25) is 0 Å². The van der Waals surface area contributed by atoms with Crippen LogP contribution in [0.4, 0.5) is 11.4 Å². The monoisotopic (exact) mass is 276 g/mol. The van der Waals surface area contributed by atoms with Crippen LogP contribution < -0.4 is 15.8 Å². The minimum Gasteiger partial charge on any atom is -0.489 e. The van der Waals surface area contributed by atoms with Crippen LogP contribution in [0.5, 0.6) is 5.75 Å². The fourth-order valence-electron chi connectivity index (χ4n) is 2.93. The molecule has 0 radical (unpaired) electrons. The van der Waals surface area contributed by atoms with E-state index in [1.54, 1.807) is 0 Å². The van der Waals surface area contributed by atoms with E-state index in [-0.39, 0.29) is 6.10 Å². The van der Waals surface area contributed by atoms with Crippen LogP contribution in [0.25, 0.3) is 0 Å². The van der Waals surface area contributed by atoms with Gasteiger partial charge in [-0.05, 0) is 57.1 Å². The number of anilines is 2. The van der Waals surface area contributed by atoms with Gasteiger partial charge in [-0.1, -0.05) is 19.9 Å². The van der Waals surface area contributed by atoms with Crippen molar-refractivity contribution in [3.63, 3.8) is 0 Å². The lowest BCUT2D eigenvalue weighted by Crippen LogP contribution is -2.30. The molecule has 1 aromatic carbocycles. The highest BCUT2D eigenvalue weighted by Crippen LogP contribution is 2.35. The van der Waals surface area contributed by atoms with Crippen molar-refractivity contribution < 1.29 is 4.74 Å². The minimum atomic E-state index is 0.142. The van der Waals surface area contributed by atoms with Gasteiger partial charge in [-0.25, -0.2) is 0 Å². The number of hydrogen-bond acceptors (Lipinski definition) is 3. The van der Waals surface area contributed by atoms with Crippen molar-refractivity contribution in [1.29, 1.82) is 0 Å². The normalized spacial score (nSPS) is 26.6. The Balaban J connectivity index is 2.06. The van der Waals surface area contributed by atoms with Crippen LogP contribution in [0, 0.1) is 11.8 Å². The van der Waals surface area contributed by atoms with E-state index in [1.165, 1.54) is 19.3 Å². The summed E-state index contributed by atoms with van der Waals surface area (Å²) in [4.78, 5) is 0. The molecule has 0 spiro atoms. The zero-order chi connectivity index (χ0) is 14.7. The van der Waals surface area contributed by atoms with E-state index in [0.717, 1.165) is 29.0 Å². The molecule has 1 aromatic rings. The standard InChI is InChI=1S/C17H28N2O/c1-11(2)20-16-7-5-6-15(17(16)18)19-14-9-8-12(3)13(4)10-14/h5-7,11-14,19H,8-10,18H2,1-4H3. The summed E-state index contributed by atoms with van der Waals surface area (Å²) in [6, 6.07) is 6.51. The van der Waals surface area contributed by atoms with E-state index in [9.17, 15) is 0 Å². The van der Waals surface area contributed by atoms with Crippen LogP contribution in [0.1, 0.15) is 47.0 Å². The van der Waals surface area contributed by atoms with Crippen molar-refractivity contribution in [2.45, 2.75) is 59.1 Å². The first-order valence-corrected chi connectivity index (χ1v) is 7.79. The van der Waals surface area contributed by atoms with Crippen molar-refractivity contribution in [3.8, 4) is 5.75 Å². The van der Waals surface area contributed by atoms with Gasteiger partial charge >= 0.3 is 0 Å². The number of ether oxygens (including phenoxy) is 1. The summed E-state index contributed by atoms with van der Waals surface area (Å²) < 4.78 is 5.75. The zero-order valence-corrected chi connectivity index (χ0v) is 13.1. The lowest BCUT2D eigenvalue weighted by Gasteiger charge is -2.33. The molecule has 1 aliphatic rings. The van der Waals surface area contributed by atoms with E-state index in [2.05, 4.69) is 19.2 Å². The molecule has 3 N–H and O–H groups in total. The Bertz CT molecular complexity index is 445. The molecule has 2 rings (SSSR count). The molecule has 1 fully saturated rings. The predicted octanol–water partition coefficient (Wildman–Crippen LogP) is 4.29. The Morgan fingerprint density at radius 1 is 1.20 bits per heavy atom. The number of nitrogens with two attached hydrogens (primary N) is 1. The largest absolute Gasteiger partial charge is 0.489 e. The molecule has 3 atom stereocenters. The van der Waals surface area contributed by atoms with Gasteiger partial charge in [0.25, 0.3) is 0 Å². The maximum absolute atomic E-state index is 6.22. The van der Waals surface area contributed by atoms with E-state index < -0.39 is 0 Å². The molecular weight excluding hydrogens is 248 g/mol. The van der Waals surface area contributed by atoms with Gasteiger partial charge < -0.3 is 15.8 Å². The number of para-hydroxylation sites is 1. The summed E-state index contributed by atoms with van der Waals surface area (Å²) in [5.41, 5.74) is 7.96. The Labute approximate surface area is 122 Å². The van der Waals surface area contributed by atoms with Gasteiger partial charge in [0.05, 0.1) is 17.5 Å². The fourth-order valence-corrected chi connectivity index (χ4v) is 2.93. The molecule has 0 saturated heterocycles. The van der Waals surface area contributed by atoms with Crippen LogP contribution >= 0.6 is 0 Å². The summed E-state index contributed by atoms with van der Waals surface area (Å²) in [5.74, 6) is 2.39. The second-order valence-electron chi connectivity index (χ2n) is 6.49. The first-order chi connectivity index (χ1) is 9.47. The third kappa shape index (κ3) is 3.59. The number of hydrogen-bond donors (Lipinski definition) is 2. The van der Waals surface area contributed by atoms with Crippen LogP contribution in [-0.2, 0) is 0 Å². The number of rotatable bonds is 4. The first kappa shape index (κ1) is 15.0. The number of nitrogens with one attached hydrogen (secondary N) is 1. The summed E-state index contributed by atoms with van der Waals surface area (Å²) in [6.07, 6.45) is 3.87. The van der Waals surface area contributed by atoms with Crippen molar-refractivity contribution in [1.82, 2.24) is 0 Å². The number of nitrogen functional groups attached to an aromatic ring is 1. The molecule has 3 heteroatoms. The SMILES string of the molecule is CC(C)Oc1cccc(NC2CCC(C)C(C)C2)c1N. The highest BCUT2D eigenvalue weighted by Gasteiger charge is 2.24. The molecule has 0 aromatic heterocycles. The number of benzene rings is 1. The van der Waals surface area contributed by atoms with Crippen molar-refractivity contribution in [2.24, 2.45) is 11.8 Å². The molecule has 112 valence electrons. The molecule has 1 aliphatic carbocycles. The smallest absolute Gasteiger partial charge is 0.144 e. The third-order valence-corrected chi connectivity index (χ3v) is 4.39. The van der Waals surface area contributed by atoms with Gasteiger partial charge in [-0.3, -0.25) is 0 Å². The van der Waals surface area contributed by atoms with E-state index in [4.69, 9.17) is 10.5 Å². The van der Waals surface area contributed by atoms with E-state index in [1.807, 2.05) is 32.0 Å². The van der Waals surface area contributed by atoms with Gasteiger partial charge in [0.2, 0.25) is 0 Å². The molecule has 3 nitrogen and oxygen atoms in total.